The number of hydrogen-bond acceptors (Lipinski definition) is 16. The smallest absolute Gasteiger partial charge is 0.319 e. The van der Waals surface area contributed by atoms with Crippen molar-refractivity contribution in [1.29, 1.82) is 0 Å². The molecular weight excluding hydrogens is 1060 g/mol. The molecule has 5 rings (SSSR count). The molecule has 6 unspecified atom stereocenters. The molecule has 0 aliphatic carbocycles. The highest BCUT2D eigenvalue weighted by molar-refractivity contribution is 8.00. The average Bonchev–Trinajstić information content (AvgIpc) is 4.23. The quantitative estimate of drug-likeness (QED) is 0.0196. The predicted octanol–water partition coefficient (Wildman–Crippen LogP) is 7.02. The van der Waals surface area contributed by atoms with Crippen molar-refractivity contribution < 1.29 is 71.9 Å². The fraction of sp³-hybridized carbons (Fsp3) is 0.750. The SMILES string of the molecule is O=C(O)CCNC(=O)Nc1cc(C(=O)CCCCOCCOCCOCCCCC(=O)CCCCC2SCC3NC(=O)NC32)cc(C(=O)CCCCOCCOCCOCCCCC(=O)CCCCC2SCC3NC(=O)NC32)c1. The maximum absolute atomic E-state index is 13.3. The maximum Gasteiger partial charge on any atom is 0.319 e. The molecule has 0 spiro atoms. The van der Waals surface area contributed by atoms with E-state index in [2.05, 4.69) is 31.9 Å². The largest absolute Gasteiger partial charge is 0.481 e. The van der Waals surface area contributed by atoms with Crippen molar-refractivity contribution in [3.05, 3.63) is 29.3 Å². The van der Waals surface area contributed by atoms with Gasteiger partial charge < -0.3 is 65.4 Å². The zero-order chi connectivity index (χ0) is 56.3. The standard InChI is InChI=1S/C56H88N6O15S2/c63-43(13-1-3-19-49-52-45(38-78-49)59-55(70)61-52)15-5-9-23-72-27-31-76-33-29-74-25-11-7-17-47(65)40-35-41(37-42(36-40)58-54(69)57-22-21-51(67)68)48(66)18-8-12-26-75-30-34-77-32-28-73-24-10-6-16-44(64)14-2-4-20-50-53-46(39-79-50)60-56(71)62-53/h35-37,45-46,49-50,52-53H,1-34,38-39H2,(H,67,68)(H2,57,58,69)(H2,59,61,70)(H2,60,62,71). The number of carbonyl (C=O) groups is 8. The van der Waals surface area contributed by atoms with E-state index in [1.54, 1.807) is 6.07 Å². The second-order valence-electron chi connectivity index (χ2n) is 20.5. The minimum atomic E-state index is -1.06. The van der Waals surface area contributed by atoms with E-state index >= 15 is 0 Å². The van der Waals surface area contributed by atoms with Crippen molar-refractivity contribution >= 4 is 76.4 Å². The van der Waals surface area contributed by atoms with Crippen LogP contribution in [0.1, 0.15) is 156 Å². The van der Waals surface area contributed by atoms with Gasteiger partial charge in [0, 0.05) is 110 Å². The number of carbonyl (C=O) groups excluding carboxylic acids is 7. The number of nitrogens with one attached hydrogen (secondary N) is 6. The number of carboxylic acids is 1. The fourth-order valence-corrected chi connectivity index (χ4v) is 12.8. The molecule has 0 aromatic heterocycles. The summed E-state index contributed by atoms with van der Waals surface area (Å²) in [4.78, 5) is 97.8. The molecule has 4 aliphatic heterocycles. The number of urea groups is 3. The molecule has 21 nitrogen and oxygen atoms in total. The van der Waals surface area contributed by atoms with Crippen molar-refractivity contribution in [3.8, 4) is 0 Å². The summed E-state index contributed by atoms with van der Waals surface area (Å²) in [6.45, 7) is 5.33. The van der Waals surface area contributed by atoms with E-state index in [9.17, 15) is 38.4 Å². The molecular formula is C56H88N6O15S2. The van der Waals surface area contributed by atoms with E-state index < -0.39 is 12.0 Å². The predicted molar refractivity (Wildman–Crippen MR) is 303 cm³/mol. The number of unbranched alkanes of at least 4 members (excludes halogenated alkanes) is 6. The summed E-state index contributed by atoms with van der Waals surface area (Å²) in [6, 6.07) is 4.67. The number of anilines is 1. The number of ether oxygens (including phenoxy) is 6. The number of hydrogen-bond donors (Lipinski definition) is 7. The van der Waals surface area contributed by atoms with Crippen molar-refractivity contribution in [2.75, 3.05) is 103 Å². The van der Waals surface area contributed by atoms with Crippen LogP contribution in [0.15, 0.2) is 18.2 Å². The number of thioether (sulfide) groups is 2. The van der Waals surface area contributed by atoms with Gasteiger partial charge in [-0.2, -0.15) is 23.5 Å². The summed E-state index contributed by atoms with van der Waals surface area (Å²) in [7, 11) is 0. The van der Waals surface area contributed by atoms with Crippen LogP contribution in [0.2, 0.25) is 0 Å². The van der Waals surface area contributed by atoms with Crippen LogP contribution in [0, 0.1) is 0 Å². The third-order valence-electron chi connectivity index (χ3n) is 14.1. The third-order valence-corrected chi connectivity index (χ3v) is 17.1. The lowest BCUT2D eigenvalue weighted by Gasteiger charge is -2.16. The Labute approximate surface area is 474 Å². The normalized spacial score (nSPS) is 20.0. The molecule has 444 valence electrons. The molecule has 4 fully saturated rings. The van der Waals surface area contributed by atoms with Gasteiger partial charge in [0.2, 0.25) is 0 Å². The molecule has 1 aromatic rings. The first kappa shape index (κ1) is 65.5. The number of fused-ring (bicyclic) bond motifs is 2. The number of carboxylic acid groups (broad SMARTS) is 1. The summed E-state index contributed by atoms with van der Waals surface area (Å²) < 4.78 is 33.9. The Kier molecular flexibility index (Phi) is 32.4. The Morgan fingerprint density at radius 3 is 1.23 bits per heavy atom. The number of Topliss-reactive ketones (excluding diaryl/α,β-unsaturated/α-hetero) is 4. The van der Waals surface area contributed by atoms with Gasteiger partial charge in [-0.1, -0.05) is 12.8 Å². The summed E-state index contributed by atoms with van der Waals surface area (Å²) in [6.07, 6.45) is 13.9. The van der Waals surface area contributed by atoms with E-state index in [1.165, 1.54) is 12.1 Å². The Bertz CT molecular complexity index is 1940. The lowest BCUT2D eigenvalue weighted by Crippen LogP contribution is -2.36. The minimum absolute atomic E-state index is 0.0690. The molecule has 0 radical (unpaired) electrons. The topological polar surface area (TPSA) is 284 Å². The highest BCUT2D eigenvalue weighted by atomic mass is 32.2. The van der Waals surface area contributed by atoms with Gasteiger partial charge in [0.15, 0.2) is 11.6 Å². The van der Waals surface area contributed by atoms with Crippen LogP contribution in [0.3, 0.4) is 0 Å². The van der Waals surface area contributed by atoms with Crippen LogP contribution in [-0.2, 0) is 42.8 Å². The Hall–Kier alpha value is -4.36. The van der Waals surface area contributed by atoms with Crippen LogP contribution >= 0.6 is 23.5 Å². The Balaban J connectivity index is 0.818. The molecule has 7 N–H and O–H groups in total. The highest BCUT2D eigenvalue weighted by Gasteiger charge is 2.43. The van der Waals surface area contributed by atoms with Gasteiger partial charge in [-0.05, 0) is 95.2 Å². The van der Waals surface area contributed by atoms with Crippen LogP contribution in [-0.4, -0.2) is 184 Å². The zero-order valence-electron chi connectivity index (χ0n) is 46.1. The van der Waals surface area contributed by atoms with Gasteiger partial charge in [-0.25, -0.2) is 14.4 Å². The zero-order valence-corrected chi connectivity index (χ0v) is 47.8. The van der Waals surface area contributed by atoms with E-state index in [1.807, 2.05) is 23.5 Å². The van der Waals surface area contributed by atoms with Crippen molar-refractivity contribution in [1.82, 2.24) is 26.6 Å². The summed E-state index contributed by atoms with van der Waals surface area (Å²) >= 11 is 3.80. The van der Waals surface area contributed by atoms with E-state index in [0.29, 0.717) is 153 Å². The molecule has 6 atom stereocenters. The van der Waals surface area contributed by atoms with Crippen LogP contribution in [0.5, 0.6) is 0 Å². The first-order chi connectivity index (χ1) is 38.4. The Morgan fingerprint density at radius 1 is 0.468 bits per heavy atom. The van der Waals surface area contributed by atoms with Gasteiger partial charge in [0.1, 0.15) is 11.6 Å². The molecule has 4 heterocycles. The van der Waals surface area contributed by atoms with E-state index in [0.717, 1.165) is 75.7 Å². The molecule has 4 aliphatic rings. The maximum atomic E-state index is 13.3. The van der Waals surface area contributed by atoms with Gasteiger partial charge in [-0.3, -0.25) is 24.0 Å². The van der Waals surface area contributed by atoms with Gasteiger partial charge in [0.25, 0.3) is 0 Å². The van der Waals surface area contributed by atoms with E-state index in [4.69, 9.17) is 33.5 Å². The second kappa shape index (κ2) is 39.1. The lowest BCUT2D eigenvalue weighted by atomic mass is 9.98. The Morgan fingerprint density at radius 2 is 0.835 bits per heavy atom. The number of ketones is 4. The summed E-state index contributed by atoms with van der Waals surface area (Å²) in [5, 5.41) is 26.8. The van der Waals surface area contributed by atoms with Gasteiger partial charge in [-0.15, -0.1) is 0 Å². The fourth-order valence-electron chi connectivity index (χ4n) is 9.76. The molecule has 0 bridgehead atoms. The molecule has 4 saturated heterocycles. The average molecular weight is 1150 g/mol. The first-order valence-corrected chi connectivity index (χ1v) is 30.9. The van der Waals surface area contributed by atoms with Crippen molar-refractivity contribution in [2.24, 2.45) is 0 Å². The molecule has 79 heavy (non-hydrogen) atoms. The lowest BCUT2D eigenvalue weighted by molar-refractivity contribution is -0.136. The monoisotopic (exact) mass is 1150 g/mol. The van der Waals surface area contributed by atoms with Gasteiger partial charge >= 0.3 is 24.1 Å². The van der Waals surface area contributed by atoms with Crippen molar-refractivity contribution in [3.63, 3.8) is 0 Å². The van der Waals surface area contributed by atoms with Crippen LogP contribution in [0.4, 0.5) is 20.1 Å². The van der Waals surface area contributed by atoms with Crippen molar-refractivity contribution in [2.45, 2.75) is 170 Å². The van der Waals surface area contributed by atoms with Gasteiger partial charge in [0.05, 0.1) is 83.4 Å². The number of rotatable bonds is 48. The first-order valence-electron chi connectivity index (χ1n) is 28.8. The number of benzene rings is 1. The molecule has 23 heteroatoms. The van der Waals surface area contributed by atoms with Crippen LogP contribution in [0.25, 0.3) is 0 Å². The molecule has 0 saturated carbocycles. The molecule has 6 amide bonds. The highest BCUT2D eigenvalue weighted by Crippen LogP contribution is 2.34. The second-order valence-corrected chi connectivity index (χ2v) is 23.0. The summed E-state index contributed by atoms with van der Waals surface area (Å²) in [5.41, 5.74) is 0.814. The number of amides is 6. The van der Waals surface area contributed by atoms with Crippen LogP contribution < -0.4 is 31.9 Å². The minimum Gasteiger partial charge on any atom is -0.481 e. The summed E-state index contributed by atoms with van der Waals surface area (Å²) in [5.74, 6) is 1.04. The molecule has 1 aromatic carbocycles. The third kappa shape index (κ3) is 27.3. The number of aliphatic carboxylic acids is 1. The van der Waals surface area contributed by atoms with E-state index in [-0.39, 0.29) is 90.4 Å².